The summed E-state index contributed by atoms with van der Waals surface area (Å²) in [4.78, 5) is 0. The van der Waals surface area contributed by atoms with Gasteiger partial charge < -0.3 is 0 Å². The van der Waals surface area contributed by atoms with E-state index in [4.69, 9.17) is 0 Å². The van der Waals surface area contributed by atoms with Crippen molar-refractivity contribution < 1.29 is 0 Å². The van der Waals surface area contributed by atoms with E-state index in [0.29, 0.717) is 0 Å². The quantitative estimate of drug-likeness (QED) is 0.0440. The van der Waals surface area contributed by atoms with Crippen LogP contribution in [0.25, 0.3) is 0 Å². The first kappa shape index (κ1) is 48.4. The molecule has 0 aliphatic rings. The maximum absolute atomic E-state index is 2.60. The molecule has 0 aliphatic heterocycles. The summed E-state index contributed by atoms with van der Waals surface area (Å²) in [5.74, 6) is 0. The van der Waals surface area contributed by atoms with Gasteiger partial charge in [-0.2, -0.15) is 0 Å². The summed E-state index contributed by atoms with van der Waals surface area (Å²) >= 11 is 0. The molecule has 0 aliphatic carbocycles. The average molecular weight is 694 g/mol. The summed E-state index contributed by atoms with van der Waals surface area (Å²) in [6, 6.07) is 0. The van der Waals surface area contributed by atoms with Crippen molar-refractivity contribution in [2.24, 2.45) is 0 Å². The lowest BCUT2D eigenvalue weighted by Crippen LogP contribution is -2.11. The molecule has 0 aromatic carbocycles. The van der Waals surface area contributed by atoms with E-state index < -0.39 is 7.26 Å². The van der Waals surface area contributed by atoms with Crippen molar-refractivity contribution in [2.45, 2.75) is 278 Å². The van der Waals surface area contributed by atoms with Crippen LogP contribution in [-0.2, 0) is 0 Å². The number of unbranched alkanes of at least 4 members (excludes halogenated alkanes) is 36. The van der Waals surface area contributed by atoms with Gasteiger partial charge in [-0.05, 0) is 45.4 Å². The molecule has 0 nitrogen and oxygen atoms in total. The zero-order valence-corrected chi connectivity index (χ0v) is 35.7. The van der Waals surface area contributed by atoms with E-state index in [9.17, 15) is 0 Å². The SMILES string of the molecule is CCCCCCCCCCCCCCC[P+](CC)(CCCCCCCCCCCCCCC)CCCCCCCCCCCCCCC. The number of hydrogen-bond donors (Lipinski definition) is 0. The van der Waals surface area contributed by atoms with Gasteiger partial charge in [-0.3, -0.25) is 0 Å². The molecule has 0 radical (unpaired) electrons. The zero-order valence-electron chi connectivity index (χ0n) is 34.9. The Morgan fingerprint density at radius 2 is 0.333 bits per heavy atom. The van der Waals surface area contributed by atoms with Gasteiger partial charge in [0.1, 0.15) is 0 Å². The van der Waals surface area contributed by atoms with Gasteiger partial charge >= 0.3 is 0 Å². The van der Waals surface area contributed by atoms with E-state index in [2.05, 4.69) is 27.7 Å². The number of hydrogen-bond acceptors (Lipinski definition) is 0. The van der Waals surface area contributed by atoms with Crippen LogP contribution in [0.3, 0.4) is 0 Å². The van der Waals surface area contributed by atoms with Crippen LogP contribution in [-0.4, -0.2) is 24.6 Å². The summed E-state index contributed by atoms with van der Waals surface area (Å²) < 4.78 is 0. The molecule has 1 heteroatoms. The Morgan fingerprint density at radius 3 is 0.479 bits per heavy atom. The highest BCUT2D eigenvalue weighted by atomic mass is 31.2. The van der Waals surface area contributed by atoms with Gasteiger partial charge in [0.2, 0.25) is 0 Å². The van der Waals surface area contributed by atoms with Crippen LogP contribution in [0.5, 0.6) is 0 Å². The minimum absolute atomic E-state index is 0.724. The fourth-order valence-corrected chi connectivity index (χ4v) is 12.5. The Morgan fingerprint density at radius 1 is 0.188 bits per heavy atom. The van der Waals surface area contributed by atoms with Crippen LogP contribution in [0.2, 0.25) is 0 Å². The molecule has 0 fully saturated rings. The third-order valence-electron chi connectivity index (χ3n) is 11.9. The molecule has 0 unspecified atom stereocenters. The van der Waals surface area contributed by atoms with Crippen LogP contribution in [0.15, 0.2) is 0 Å². The van der Waals surface area contributed by atoms with Crippen LogP contribution in [0.4, 0.5) is 0 Å². The van der Waals surface area contributed by atoms with E-state index in [-0.39, 0.29) is 0 Å². The third-order valence-corrected chi connectivity index (χ3v) is 17.0. The molecular formula is C47H98P+. The topological polar surface area (TPSA) is 0 Å². The maximum atomic E-state index is 2.60. The predicted molar refractivity (Wildman–Crippen MR) is 229 cm³/mol. The Labute approximate surface area is 309 Å². The predicted octanol–water partition coefficient (Wildman–Crippen LogP) is 18.3. The lowest BCUT2D eigenvalue weighted by atomic mass is 10.0. The molecule has 0 heterocycles. The molecular weight excluding hydrogens is 595 g/mol. The first-order valence-electron chi connectivity index (χ1n) is 23.6. The summed E-state index contributed by atoms with van der Waals surface area (Å²) in [6.07, 6.45) is 64.5. The minimum atomic E-state index is -0.724. The highest BCUT2D eigenvalue weighted by molar-refractivity contribution is 7.75. The summed E-state index contributed by atoms with van der Waals surface area (Å²) in [7, 11) is -0.724. The fourth-order valence-electron chi connectivity index (χ4n) is 8.20. The standard InChI is InChI=1S/C47H98P/c1-5-9-12-15-18-21-24-27-30-33-36-39-42-45-48(8-4,46-43-40-37-34-31-28-25-22-19-16-13-10-6-2)47-44-41-38-35-32-29-26-23-20-17-14-11-7-3/h5-47H2,1-4H3/q+1. The van der Waals surface area contributed by atoms with Gasteiger partial charge in [-0.25, -0.2) is 0 Å². The van der Waals surface area contributed by atoms with Crippen molar-refractivity contribution in [3.8, 4) is 0 Å². The summed E-state index contributed by atoms with van der Waals surface area (Å²) in [6.45, 7) is 9.57. The molecule has 290 valence electrons. The van der Waals surface area contributed by atoms with Crippen LogP contribution in [0, 0.1) is 0 Å². The van der Waals surface area contributed by atoms with E-state index >= 15 is 0 Å². The molecule has 48 heavy (non-hydrogen) atoms. The Kier molecular flexibility index (Phi) is 42.2. The van der Waals surface area contributed by atoms with Crippen LogP contribution < -0.4 is 0 Å². The maximum Gasteiger partial charge on any atom is 0.0594 e. The largest absolute Gasteiger partial charge is 0.0654 e. The summed E-state index contributed by atoms with van der Waals surface area (Å²) in [5.41, 5.74) is 0. The van der Waals surface area contributed by atoms with Crippen molar-refractivity contribution in [3.63, 3.8) is 0 Å². The second-order valence-corrected chi connectivity index (χ2v) is 21.2. The van der Waals surface area contributed by atoms with Gasteiger partial charge in [-0.1, -0.05) is 233 Å². The zero-order chi connectivity index (χ0) is 34.9. The third kappa shape index (κ3) is 36.2. The molecule has 0 amide bonds. The van der Waals surface area contributed by atoms with Crippen molar-refractivity contribution in [2.75, 3.05) is 24.6 Å². The lowest BCUT2D eigenvalue weighted by Gasteiger charge is -2.27. The van der Waals surface area contributed by atoms with E-state index in [1.165, 1.54) is 231 Å². The summed E-state index contributed by atoms with van der Waals surface area (Å²) in [5, 5.41) is 0. The van der Waals surface area contributed by atoms with Crippen molar-refractivity contribution >= 4 is 7.26 Å². The van der Waals surface area contributed by atoms with Gasteiger partial charge in [0.15, 0.2) is 0 Å². The lowest BCUT2D eigenvalue weighted by molar-refractivity contribution is 0.541. The van der Waals surface area contributed by atoms with Gasteiger partial charge in [0, 0.05) is 7.26 Å². The highest BCUT2D eigenvalue weighted by Crippen LogP contribution is 2.60. The molecule has 0 saturated heterocycles. The van der Waals surface area contributed by atoms with Gasteiger partial charge in [0.05, 0.1) is 24.6 Å². The highest BCUT2D eigenvalue weighted by Gasteiger charge is 2.33. The molecule has 0 rings (SSSR count). The average Bonchev–Trinajstić information content (AvgIpc) is 3.10. The monoisotopic (exact) mass is 694 g/mol. The molecule has 0 N–H and O–H groups in total. The molecule has 0 saturated carbocycles. The van der Waals surface area contributed by atoms with Crippen molar-refractivity contribution in [1.82, 2.24) is 0 Å². The molecule has 0 aromatic rings. The molecule has 0 aromatic heterocycles. The first-order chi connectivity index (χ1) is 23.7. The van der Waals surface area contributed by atoms with Crippen molar-refractivity contribution in [3.05, 3.63) is 0 Å². The van der Waals surface area contributed by atoms with Crippen LogP contribution >= 0.6 is 7.26 Å². The first-order valence-corrected chi connectivity index (χ1v) is 26.1. The van der Waals surface area contributed by atoms with Gasteiger partial charge in [0.25, 0.3) is 0 Å². The van der Waals surface area contributed by atoms with Gasteiger partial charge in [-0.15, -0.1) is 0 Å². The van der Waals surface area contributed by atoms with Crippen molar-refractivity contribution in [1.29, 1.82) is 0 Å². The molecule has 0 spiro atoms. The Balaban J connectivity index is 4.21. The second-order valence-electron chi connectivity index (χ2n) is 16.6. The second kappa shape index (κ2) is 41.8. The Bertz CT molecular complexity index is 481. The molecule has 0 atom stereocenters. The van der Waals surface area contributed by atoms with E-state index in [1.54, 1.807) is 43.9 Å². The normalized spacial score (nSPS) is 12.0. The van der Waals surface area contributed by atoms with Crippen LogP contribution in [0.1, 0.15) is 278 Å². The van der Waals surface area contributed by atoms with E-state index in [1.807, 2.05) is 0 Å². The minimum Gasteiger partial charge on any atom is -0.0654 e. The Hall–Kier alpha value is 0.430. The van der Waals surface area contributed by atoms with E-state index in [0.717, 1.165) is 0 Å². The molecule has 0 bridgehead atoms. The smallest absolute Gasteiger partial charge is 0.0594 e. The fraction of sp³-hybridized carbons (Fsp3) is 1.00. The number of rotatable bonds is 43.